The van der Waals surface area contributed by atoms with Gasteiger partial charge >= 0.3 is 0 Å². The first-order valence-electron chi connectivity index (χ1n) is 11.3. The van der Waals surface area contributed by atoms with E-state index in [4.69, 9.17) is 0 Å². The summed E-state index contributed by atoms with van der Waals surface area (Å²) in [5, 5.41) is 1.20. The average Bonchev–Trinajstić information content (AvgIpc) is 3.18. The Labute approximate surface area is 179 Å². The van der Waals surface area contributed by atoms with Crippen molar-refractivity contribution in [3.8, 4) is 0 Å². The van der Waals surface area contributed by atoms with Gasteiger partial charge in [0, 0.05) is 68.9 Å². The van der Waals surface area contributed by atoms with Crippen molar-refractivity contribution < 1.29 is 4.79 Å². The number of aromatic nitrogens is 1. The molecular formula is C25H32N4O. The molecule has 2 aromatic rings. The third kappa shape index (κ3) is 3.53. The molecule has 5 rings (SSSR count). The van der Waals surface area contributed by atoms with Crippen LogP contribution in [0.1, 0.15) is 36.8 Å². The lowest BCUT2D eigenvalue weighted by atomic mass is 9.83. The Hall–Kier alpha value is -2.27. The molecule has 0 unspecified atom stereocenters. The fourth-order valence-corrected chi connectivity index (χ4v) is 6.09. The van der Waals surface area contributed by atoms with Crippen LogP contribution in [0.3, 0.4) is 0 Å². The van der Waals surface area contributed by atoms with Crippen molar-refractivity contribution in [3.63, 3.8) is 0 Å². The number of benzene rings is 1. The second-order valence-electron chi connectivity index (χ2n) is 9.78. The van der Waals surface area contributed by atoms with Crippen LogP contribution in [0.5, 0.6) is 0 Å². The van der Waals surface area contributed by atoms with Crippen LogP contribution >= 0.6 is 0 Å². The molecule has 0 N–H and O–H groups in total. The quantitative estimate of drug-likeness (QED) is 0.734. The summed E-state index contributed by atoms with van der Waals surface area (Å²) in [7, 11) is 3.99. The van der Waals surface area contributed by atoms with Crippen molar-refractivity contribution in [2.75, 3.05) is 40.3 Å². The summed E-state index contributed by atoms with van der Waals surface area (Å²) in [6.07, 6.45) is 5.59. The van der Waals surface area contributed by atoms with Crippen molar-refractivity contribution in [2.24, 2.45) is 28.7 Å². The van der Waals surface area contributed by atoms with E-state index in [1.807, 2.05) is 18.5 Å². The van der Waals surface area contributed by atoms with Gasteiger partial charge in [-0.05, 0) is 48.8 Å². The summed E-state index contributed by atoms with van der Waals surface area (Å²) in [5.41, 5.74) is 3.38. The summed E-state index contributed by atoms with van der Waals surface area (Å²) in [6, 6.07) is 8.53. The second-order valence-corrected chi connectivity index (χ2v) is 9.78. The lowest BCUT2D eigenvalue weighted by Crippen LogP contribution is -2.43. The number of carbonyl (C=O) groups excluding carboxylic acids is 1. The van der Waals surface area contributed by atoms with Crippen molar-refractivity contribution in [1.29, 1.82) is 0 Å². The van der Waals surface area contributed by atoms with E-state index in [2.05, 4.69) is 51.9 Å². The molecule has 0 radical (unpaired) electrons. The van der Waals surface area contributed by atoms with Crippen LogP contribution in [0, 0.1) is 23.7 Å². The summed E-state index contributed by atoms with van der Waals surface area (Å²) < 4.78 is 0. The molecule has 3 heterocycles. The molecule has 1 aromatic carbocycles. The number of rotatable bonds is 4. The Morgan fingerprint density at radius 1 is 1.20 bits per heavy atom. The lowest BCUT2D eigenvalue weighted by Gasteiger charge is -2.37. The van der Waals surface area contributed by atoms with Crippen LogP contribution in [0.2, 0.25) is 0 Å². The van der Waals surface area contributed by atoms with Gasteiger partial charge in [0.1, 0.15) is 0 Å². The normalized spacial score (nSPS) is 31.4. The third-order valence-corrected chi connectivity index (χ3v) is 7.52. The predicted octanol–water partition coefficient (Wildman–Crippen LogP) is 3.43. The van der Waals surface area contributed by atoms with E-state index in [0.29, 0.717) is 23.7 Å². The number of fused-ring (bicyclic) bond motifs is 2. The number of hydrogen-bond acceptors (Lipinski definition) is 4. The molecule has 1 aromatic heterocycles. The van der Waals surface area contributed by atoms with Gasteiger partial charge in [-0.25, -0.2) is 0 Å². The van der Waals surface area contributed by atoms with E-state index >= 15 is 0 Å². The van der Waals surface area contributed by atoms with E-state index in [9.17, 15) is 4.79 Å². The molecule has 158 valence electrons. The fourth-order valence-electron chi connectivity index (χ4n) is 6.09. The topological polar surface area (TPSA) is 48.8 Å². The maximum Gasteiger partial charge on any atom is 0.222 e. The molecule has 5 atom stereocenters. The molecule has 1 aliphatic carbocycles. The van der Waals surface area contributed by atoms with Crippen LogP contribution < -0.4 is 0 Å². The van der Waals surface area contributed by atoms with Gasteiger partial charge in [-0.2, -0.15) is 0 Å². The van der Waals surface area contributed by atoms with E-state index in [1.54, 1.807) is 7.05 Å². The molecule has 1 amide bonds. The minimum absolute atomic E-state index is 0.363. The van der Waals surface area contributed by atoms with Crippen molar-refractivity contribution in [3.05, 3.63) is 41.6 Å². The Kier molecular flexibility index (Phi) is 5.10. The Balaban J connectivity index is 1.35. The van der Waals surface area contributed by atoms with Crippen molar-refractivity contribution in [1.82, 2.24) is 14.8 Å². The van der Waals surface area contributed by atoms with Gasteiger partial charge in [0.25, 0.3) is 0 Å². The molecule has 3 fully saturated rings. The highest BCUT2D eigenvalue weighted by molar-refractivity contribution is 5.99. The van der Waals surface area contributed by atoms with Crippen LogP contribution in [0.4, 0.5) is 0 Å². The molecule has 0 bridgehead atoms. The van der Waals surface area contributed by atoms with Crippen molar-refractivity contribution in [2.45, 2.75) is 25.7 Å². The van der Waals surface area contributed by atoms with Crippen LogP contribution in [0.25, 0.3) is 10.9 Å². The highest BCUT2D eigenvalue weighted by Gasteiger charge is 2.55. The number of hydrogen-bond donors (Lipinski definition) is 0. The second kappa shape index (κ2) is 7.77. The minimum atomic E-state index is 0.363. The van der Waals surface area contributed by atoms with Gasteiger partial charge < -0.3 is 9.80 Å². The van der Waals surface area contributed by atoms with Crippen molar-refractivity contribution >= 4 is 23.0 Å². The minimum Gasteiger partial charge on any atom is -0.342 e. The van der Waals surface area contributed by atoms with E-state index in [0.717, 1.165) is 48.8 Å². The molecule has 5 nitrogen and oxygen atoms in total. The van der Waals surface area contributed by atoms with Gasteiger partial charge in [-0.1, -0.05) is 25.1 Å². The van der Waals surface area contributed by atoms with Crippen LogP contribution in [-0.4, -0.2) is 67.2 Å². The number of nitrogens with zero attached hydrogens (tertiary/aromatic N) is 4. The monoisotopic (exact) mass is 404 g/mol. The number of amides is 1. The Morgan fingerprint density at radius 3 is 2.77 bits per heavy atom. The largest absolute Gasteiger partial charge is 0.342 e. The summed E-state index contributed by atoms with van der Waals surface area (Å²) in [6.45, 7) is 6.36. The number of carbonyl (C=O) groups is 1. The van der Waals surface area contributed by atoms with Crippen LogP contribution in [-0.2, 0) is 4.79 Å². The lowest BCUT2D eigenvalue weighted by molar-refractivity contribution is -0.133. The average molecular weight is 405 g/mol. The zero-order valence-electron chi connectivity index (χ0n) is 18.3. The standard InChI is InChI=1S/C25H32N4O/c1-16-9-18(19-7-6-17(11-26-2)25-20(19)5-4-8-27-25)13-29(12-16)24(30)10-21-22-14-28(3)15-23(21)22/h4-8,11,16,18,21-23H,9-10,12-15H2,1-3H3/b26-11+/t16-,18+,21-,22-,23+/m1/s1. The van der Waals surface area contributed by atoms with E-state index < -0.39 is 0 Å². The number of pyridine rings is 1. The first-order chi connectivity index (χ1) is 14.5. The zero-order chi connectivity index (χ0) is 20.8. The zero-order valence-corrected chi connectivity index (χ0v) is 18.3. The maximum atomic E-state index is 13.2. The third-order valence-electron chi connectivity index (χ3n) is 7.52. The van der Waals surface area contributed by atoms with E-state index in [-0.39, 0.29) is 0 Å². The maximum absolute atomic E-state index is 13.2. The fraction of sp³-hybridized carbons (Fsp3) is 0.560. The Bertz CT molecular complexity index is 974. The summed E-state index contributed by atoms with van der Waals surface area (Å²) in [5.74, 6) is 3.40. The first kappa shape index (κ1) is 19.7. The number of piperidine rings is 2. The number of likely N-dealkylation sites (tertiary alicyclic amines) is 2. The molecule has 2 aliphatic heterocycles. The van der Waals surface area contributed by atoms with Gasteiger partial charge in [0.05, 0.1) is 5.52 Å². The molecular weight excluding hydrogens is 372 g/mol. The van der Waals surface area contributed by atoms with Gasteiger partial charge in [0.15, 0.2) is 0 Å². The predicted molar refractivity (Wildman–Crippen MR) is 121 cm³/mol. The van der Waals surface area contributed by atoms with E-state index in [1.165, 1.54) is 24.0 Å². The molecule has 3 aliphatic rings. The first-order valence-corrected chi connectivity index (χ1v) is 11.3. The highest BCUT2D eigenvalue weighted by Crippen LogP contribution is 2.53. The molecule has 30 heavy (non-hydrogen) atoms. The summed E-state index contributed by atoms with van der Waals surface area (Å²) >= 11 is 0. The SMILES string of the molecule is C/N=C/c1ccc([C@H]2C[C@@H](C)CN(C(=O)C[C@@H]3[C@H]4CN(C)C[C@@H]34)C2)c2cccnc12. The molecule has 2 saturated heterocycles. The van der Waals surface area contributed by atoms with Gasteiger partial charge in [-0.3, -0.25) is 14.8 Å². The van der Waals surface area contributed by atoms with Gasteiger partial charge in [0.2, 0.25) is 5.91 Å². The number of aliphatic imine (C=N–C) groups is 1. The molecule has 5 heteroatoms. The summed E-state index contributed by atoms with van der Waals surface area (Å²) in [4.78, 5) is 26.6. The van der Waals surface area contributed by atoms with Crippen LogP contribution in [0.15, 0.2) is 35.5 Å². The highest BCUT2D eigenvalue weighted by atomic mass is 16.2. The van der Waals surface area contributed by atoms with Gasteiger partial charge in [-0.15, -0.1) is 0 Å². The smallest absolute Gasteiger partial charge is 0.222 e. The molecule has 1 saturated carbocycles. The molecule has 0 spiro atoms. The Morgan fingerprint density at radius 2 is 2.00 bits per heavy atom.